The first-order valence-electron chi connectivity index (χ1n) is 11.1. The lowest BCUT2D eigenvalue weighted by Crippen LogP contribution is -2.25. The van der Waals surface area contributed by atoms with Gasteiger partial charge in [0, 0.05) is 29.4 Å². The Hall–Kier alpha value is -2.74. The van der Waals surface area contributed by atoms with Gasteiger partial charge in [0.2, 0.25) is 0 Å². The van der Waals surface area contributed by atoms with Gasteiger partial charge in [0.05, 0.1) is 24.1 Å². The summed E-state index contributed by atoms with van der Waals surface area (Å²) in [5.74, 6) is 0.765. The summed E-state index contributed by atoms with van der Waals surface area (Å²) in [5, 5.41) is 14.8. The van der Waals surface area contributed by atoms with Gasteiger partial charge in [-0.05, 0) is 49.6 Å². The molecule has 0 atom stereocenters. The molecule has 172 valence electrons. The van der Waals surface area contributed by atoms with Gasteiger partial charge in [-0.1, -0.05) is 52.3 Å². The maximum Gasteiger partial charge on any atom is 0.146 e. The van der Waals surface area contributed by atoms with Gasteiger partial charge >= 0.3 is 0 Å². The molecule has 0 amide bonds. The number of aliphatic hydroxyl groups is 1. The number of hydrogen-bond acceptors (Lipinski definition) is 5. The molecule has 2 aromatic heterocycles. The van der Waals surface area contributed by atoms with Crippen LogP contribution < -0.4 is 5.32 Å². The van der Waals surface area contributed by atoms with E-state index in [2.05, 4.69) is 73.8 Å². The van der Waals surface area contributed by atoms with Crippen molar-refractivity contribution in [3.63, 3.8) is 0 Å². The molecule has 6 nitrogen and oxygen atoms in total. The summed E-state index contributed by atoms with van der Waals surface area (Å²) in [6.45, 7) is 7.94. The predicted molar refractivity (Wildman–Crippen MR) is 137 cm³/mol. The van der Waals surface area contributed by atoms with Gasteiger partial charge in [0.25, 0.3) is 0 Å². The molecule has 0 aliphatic carbocycles. The van der Waals surface area contributed by atoms with E-state index in [0.717, 1.165) is 43.6 Å². The second-order valence-electron chi connectivity index (χ2n) is 8.61. The van der Waals surface area contributed by atoms with E-state index < -0.39 is 5.60 Å². The van der Waals surface area contributed by atoms with Gasteiger partial charge in [-0.2, -0.15) is 0 Å². The molecule has 0 bridgehead atoms. The molecule has 0 saturated carbocycles. The van der Waals surface area contributed by atoms with Crippen molar-refractivity contribution >= 4 is 32.8 Å². The van der Waals surface area contributed by atoms with E-state index in [9.17, 15) is 5.11 Å². The Morgan fingerprint density at radius 3 is 2.27 bits per heavy atom. The van der Waals surface area contributed by atoms with E-state index in [1.54, 1.807) is 20.2 Å². The molecular weight excluding hydrogens is 480 g/mol. The van der Waals surface area contributed by atoms with Crippen LogP contribution in [0.3, 0.4) is 0 Å². The molecule has 2 N–H and O–H groups in total. The van der Waals surface area contributed by atoms with Crippen LogP contribution in [0.15, 0.2) is 65.5 Å². The van der Waals surface area contributed by atoms with Crippen molar-refractivity contribution < 1.29 is 9.84 Å². The number of rotatable bonds is 9. The number of fused-ring (bicyclic) bond motifs is 1. The second kappa shape index (κ2) is 10.0. The van der Waals surface area contributed by atoms with Crippen molar-refractivity contribution in [2.45, 2.75) is 32.9 Å². The summed E-state index contributed by atoms with van der Waals surface area (Å²) in [7, 11) is 0. The summed E-state index contributed by atoms with van der Waals surface area (Å²) in [5.41, 5.74) is 4.32. The number of nitrogens with zero attached hydrogens (tertiary/aromatic N) is 3. The van der Waals surface area contributed by atoms with Crippen molar-refractivity contribution in [1.29, 1.82) is 0 Å². The minimum absolute atomic E-state index is 0.426. The largest absolute Gasteiger partial charge is 0.389 e. The van der Waals surface area contributed by atoms with Crippen LogP contribution in [0.1, 0.15) is 20.8 Å². The van der Waals surface area contributed by atoms with E-state index in [1.165, 1.54) is 0 Å². The third-order valence-corrected chi connectivity index (χ3v) is 5.86. The average Bonchev–Trinajstić information content (AvgIpc) is 3.15. The quantitative estimate of drug-likeness (QED) is 0.281. The van der Waals surface area contributed by atoms with Gasteiger partial charge < -0.3 is 19.7 Å². The smallest absolute Gasteiger partial charge is 0.146 e. The number of nitrogens with one attached hydrogen (secondary N) is 1. The third kappa shape index (κ3) is 5.61. The summed E-state index contributed by atoms with van der Waals surface area (Å²) >= 11 is 3.49. The zero-order valence-electron chi connectivity index (χ0n) is 19.2. The van der Waals surface area contributed by atoms with Crippen molar-refractivity contribution in [3.05, 3.63) is 65.5 Å². The fourth-order valence-electron chi connectivity index (χ4n) is 3.88. The Morgan fingerprint density at radius 1 is 1.00 bits per heavy atom. The van der Waals surface area contributed by atoms with Crippen LogP contribution in [0, 0.1) is 0 Å². The zero-order chi connectivity index (χ0) is 23.4. The van der Waals surface area contributed by atoms with Crippen molar-refractivity contribution in [2.24, 2.45) is 0 Å². The summed E-state index contributed by atoms with van der Waals surface area (Å²) < 4.78 is 8.53. The van der Waals surface area contributed by atoms with Crippen molar-refractivity contribution in [2.75, 3.05) is 25.1 Å². The summed E-state index contributed by atoms with van der Waals surface area (Å²) in [4.78, 5) is 9.07. The van der Waals surface area contributed by atoms with E-state index in [4.69, 9.17) is 4.74 Å². The highest BCUT2D eigenvalue weighted by atomic mass is 79.9. The first kappa shape index (κ1) is 23.4. The van der Waals surface area contributed by atoms with E-state index in [0.29, 0.717) is 26.3 Å². The molecule has 4 aromatic rings. The maximum absolute atomic E-state index is 10.5. The topological polar surface area (TPSA) is 72.2 Å². The predicted octanol–water partition coefficient (Wildman–Crippen LogP) is 5.75. The lowest BCUT2D eigenvalue weighted by atomic mass is 10.0. The number of ether oxygens (including phenoxy) is 1. The molecule has 4 rings (SSSR count). The molecule has 0 radical (unpaired) electrons. The van der Waals surface area contributed by atoms with Crippen LogP contribution in [-0.4, -0.2) is 45.0 Å². The lowest BCUT2D eigenvalue weighted by molar-refractivity contribution is 0.0627. The fourth-order valence-corrected chi connectivity index (χ4v) is 4.15. The first-order valence-corrected chi connectivity index (χ1v) is 11.9. The van der Waals surface area contributed by atoms with Gasteiger partial charge in [-0.15, -0.1) is 0 Å². The Labute approximate surface area is 202 Å². The van der Waals surface area contributed by atoms with Crippen LogP contribution in [-0.2, 0) is 11.3 Å². The van der Waals surface area contributed by atoms with Crippen LogP contribution in [0.5, 0.6) is 0 Å². The van der Waals surface area contributed by atoms with E-state index in [-0.39, 0.29) is 0 Å². The highest BCUT2D eigenvalue weighted by Gasteiger charge is 2.21. The zero-order valence-corrected chi connectivity index (χ0v) is 20.8. The van der Waals surface area contributed by atoms with Gasteiger partial charge in [-0.25, -0.2) is 9.97 Å². The van der Waals surface area contributed by atoms with Crippen molar-refractivity contribution in [1.82, 2.24) is 14.5 Å². The Morgan fingerprint density at radius 2 is 1.64 bits per heavy atom. The normalized spacial score (nSPS) is 11.8. The number of anilines is 1. The minimum atomic E-state index is -0.873. The Bertz CT molecular complexity index is 1210. The molecule has 2 heterocycles. The second-order valence-corrected chi connectivity index (χ2v) is 9.53. The number of hydrogen-bond donors (Lipinski definition) is 2. The molecular formula is C26H29BrN4O2. The standard InChI is InChI=1S/C26H29BrN4O2/c1-4-33-14-13-28-24-23-22(15-31(16-26(2,3)32)25(23)30-17-29-24)20-7-5-18(6-8-20)19-9-11-21(27)12-10-19/h5-12,15,17,32H,4,13-14,16H2,1-3H3,(H,28,29,30). The van der Waals surface area contributed by atoms with Gasteiger partial charge in [-0.3, -0.25) is 0 Å². The molecule has 0 saturated heterocycles. The van der Waals surface area contributed by atoms with Crippen LogP contribution in [0.4, 0.5) is 5.82 Å². The number of halogens is 1. The van der Waals surface area contributed by atoms with E-state index in [1.807, 2.05) is 23.6 Å². The SMILES string of the molecule is CCOCCNc1ncnc2c1c(-c1ccc(-c3ccc(Br)cc3)cc1)cn2CC(C)(C)O. The molecule has 0 aliphatic heterocycles. The third-order valence-electron chi connectivity index (χ3n) is 5.33. The number of benzene rings is 2. The van der Waals surface area contributed by atoms with Gasteiger partial charge in [0.15, 0.2) is 0 Å². The Balaban J connectivity index is 1.75. The van der Waals surface area contributed by atoms with Crippen LogP contribution in [0.25, 0.3) is 33.3 Å². The average molecular weight is 509 g/mol. The Kier molecular flexibility index (Phi) is 7.12. The minimum Gasteiger partial charge on any atom is -0.389 e. The van der Waals surface area contributed by atoms with Crippen molar-refractivity contribution in [3.8, 4) is 22.3 Å². The van der Waals surface area contributed by atoms with E-state index >= 15 is 0 Å². The van der Waals surface area contributed by atoms with Crippen LogP contribution >= 0.6 is 15.9 Å². The molecule has 0 aliphatic rings. The molecule has 2 aromatic carbocycles. The highest BCUT2D eigenvalue weighted by Crippen LogP contribution is 2.35. The molecule has 0 fully saturated rings. The lowest BCUT2D eigenvalue weighted by Gasteiger charge is -2.18. The number of aromatic nitrogens is 3. The monoisotopic (exact) mass is 508 g/mol. The van der Waals surface area contributed by atoms with Gasteiger partial charge in [0.1, 0.15) is 17.8 Å². The molecule has 33 heavy (non-hydrogen) atoms. The first-order chi connectivity index (χ1) is 15.9. The fraction of sp³-hybridized carbons (Fsp3) is 0.308. The summed E-state index contributed by atoms with van der Waals surface area (Å²) in [6.07, 6.45) is 3.62. The van der Waals surface area contributed by atoms with Crippen LogP contribution in [0.2, 0.25) is 0 Å². The molecule has 7 heteroatoms. The molecule has 0 spiro atoms. The highest BCUT2D eigenvalue weighted by molar-refractivity contribution is 9.10. The molecule has 0 unspecified atom stereocenters. The maximum atomic E-state index is 10.5. The summed E-state index contributed by atoms with van der Waals surface area (Å²) in [6, 6.07) is 16.8.